The molecule has 0 N–H and O–H groups in total. The number of nitrogens with zero attached hydrogens (tertiary/aromatic N) is 2. The first-order valence-corrected chi connectivity index (χ1v) is 12.7. The van der Waals surface area contributed by atoms with Gasteiger partial charge in [-0.3, -0.25) is 4.98 Å². The molecule has 1 aromatic heterocycles. The molecular formula is C23H29ClN2O5S. The first kappa shape index (κ1) is 24.3. The first-order valence-electron chi connectivity index (χ1n) is 10.5. The minimum absolute atomic E-state index is 0.148. The molecule has 0 radical (unpaired) electrons. The molecular weight excluding hydrogens is 452 g/mol. The van der Waals surface area contributed by atoms with E-state index in [1.807, 2.05) is 39.1 Å². The Kier molecular flexibility index (Phi) is 7.35. The normalized spacial score (nSPS) is 15.5. The Hall–Kier alpha value is -2.32. The molecule has 2 heterocycles. The van der Waals surface area contributed by atoms with Crippen molar-refractivity contribution in [3.05, 3.63) is 52.8 Å². The predicted octanol–water partition coefficient (Wildman–Crippen LogP) is 4.83. The van der Waals surface area contributed by atoms with Crippen LogP contribution in [-0.2, 0) is 21.2 Å². The molecule has 1 aliphatic heterocycles. The highest BCUT2D eigenvalue weighted by atomic mass is 35.5. The van der Waals surface area contributed by atoms with Gasteiger partial charge in [-0.05, 0) is 69.4 Å². The zero-order valence-corrected chi connectivity index (χ0v) is 20.4. The van der Waals surface area contributed by atoms with Crippen molar-refractivity contribution < 1.29 is 22.7 Å². The third-order valence-electron chi connectivity index (χ3n) is 5.17. The number of halogens is 1. The van der Waals surface area contributed by atoms with Gasteiger partial charge >= 0.3 is 6.09 Å². The lowest BCUT2D eigenvalue weighted by atomic mass is 9.90. The number of sulfone groups is 1. The standard InChI is InChI=1S/C23H29ClN2O5S/c1-23(2,3)31-22(27)26-11-9-16(10-12-26)17-5-6-18(25-14-17)15-30-21-8-7-19(13-20(21)24)32(4,28)29/h5-8,13-14,16H,9-12,15H2,1-4H3. The molecule has 1 amide bonds. The number of aromatic nitrogens is 1. The van der Waals surface area contributed by atoms with Gasteiger partial charge in [0, 0.05) is 25.5 Å². The maximum atomic E-state index is 12.2. The molecule has 0 unspecified atom stereocenters. The predicted molar refractivity (Wildman–Crippen MR) is 123 cm³/mol. The maximum absolute atomic E-state index is 12.2. The first-order chi connectivity index (χ1) is 14.9. The number of benzene rings is 1. The number of hydrogen-bond donors (Lipinski definition) is 0. The molecule has 1 fully saturated rings. The number of pyridine rings is 1. The fourth-order valence-electron chi connectivity index (χ4n) is 3.47. The summed E-state index contributed by atoms with van der Waals surface area (Å²) in [6, 6.07) is 8.34. The maximum Gasteiger partial charge on any atom is 0.410 e. The number of carbonyl (C=O) groups is 1. The third-order valence-corrected chi connectivity index (χ3v) is 6.58. The summed E-state index contributed by atoms with van der Waals surface area (Å²) < 4.78 is 34.4. The van der Waals surface area contributed by atoms with Crippen LogP contribution in [0.1, 0.15) is 50.8 Å². The molecule has 0 saturated carbocycles. The van der Waals surface area contributed by atoms with Gasteiger partial charge in [-0.25, -0.2) is 13.2 Å². The Morgan fingerprint density at radius 1 is 1.19 bits per heavy atom. The zero-order valence-electron chi connectivity index (χ0n) is 18.8. The van der Waals surface area contributed by atoms with E-state index in [1.54, 1.807) is 11.0 Å². The van der Waals surface area contributed by atoms with Crippen molar-refractivity contribution in [3.63, 3.8) is 0 Å². The van der Waals surface area contributed by atoms with Gasteiger partial charge in [0.2, 0.25) is 0 Å². The minimum Gasteiger partial charge on any atom is -0.486 e. The number of rotatable bonds is 5. The Morgan fingerprint density at radius 3 is 2.41 bits per heavy atom. The quantitative estimate of drug-likeness (QED) is 0.609. The van der Waals surface area contributed by atoms with Crippen LogP contribution in [0.3, 0.4) is 0 Å². The average molecular weight is 481 g/mol. The van der Waals surface area contributed by atoms with Gasteiger partial charge in [0.05, 0.1) is 15.6 Å². The highest BCUT2D eigenvalue weighted by Gasteiger charge is 2.27. The number of likely N-dealkylation sites (tertiary alicyclic amines) is 1. The van der Waals surface area contributed by atoms with E-state index in [1.165, 1.54) is 12.1 Å². The SMILES string of the molecule is CC(C)(C)OC(=O)N1CCC(c2ccc(COc3ccc(S(C)(=O)=O)cc3Cl)nc2)CC1. The molecule has 2 aromatic rings. The van der Waals surface area contributed by atoms with E-state index in [-0.39, 0.29) is 22.6 Å². The number of amides is 1. The molecule has 7 nitrogen and oxygen atoms in total. The fraction of sp³-hybridized carbons (Fsp3) is 0.478. The van der Waals surface area contributed by atoms with Crippen LogP contribution in [0.4, 0.5) is 4.79 Å². The Morgan fingerprint density at radius 2 is 1.88 bits per heavy atom. The van der Waals surface area contributed by atoms with Gasteiger partial charge in [0.1, 0.15) is 18.0 Å². The van der Waals surface area contributed by atoms with Crippen LogP contribution < -0.4 is 4.74 Å². The van der Waals surface area contributed by atoms with Crippen molar-refractivity contribution in [2.45, 2.75) is 56.6 Å². The van der Waals surface area contributed by atoms with Crippen LogP contribution in [0.2, 0.25) is 5.02 Å². The van der Waals surface area contributed by atoms with E-state index in [0.717, 1.165) is 30.4 Å². The second-order valence-corrected chi connectivity index (χ2v) is 11.4. The van der Waals surface area contributed by atoms with Crippen LogP contribution in [0, 0.1) is 0 Å². The molecule has 1 aliphatic rings. The van der Waals surface area contributed by atoms with Crippen molar-refractivity contribution >= 4 is 27.5 Å². The van der Waals surface area contributed by atoms with Crippen molar-refractivity contribution in [1.29, 1.82) is 0 Å². The number of ether oxygens (including phenoxy) is 2. The molecule has 9 heteroatoms. The summed E-state index contributed by atoms with van der Waals surface area (Å²) in [5.74, 6) is 0.744. The van der Waals surface area contributed by atoms with E-state index in [9.17, 15) is 13.2 Å². The second-order valence-electron chi connectivity index (χ2n) is 8.98. The molecule has 0 spiro atoms. The lowest BCUT2D eigenvalue weighted by molar-refractivity contribution is 0.0204. The fourth-order valence-corrected chi connectivity index (χ4v) is 4.41. The van der Waals surface area contributed by atoms with Crippen LogP contribution in [0.25, 0.3) is 0 Å². The summed E-state index contributed by atoms with van der Waals surface area (Å²) in [5.41, 5.74) is 1.38. The van der Waals surface area contributed by atoms with Gasteiger partial charge in [-0.15, -0.1) is 0 Å². The number of hydrogen-bond acceptors (Lipinski definition) is 6. The largest absolute Gasteiger partial charge is 0.486 e. The van der Waals surface area contributed by atoms with Crippen molar-refractivity contribution in [2.24, 2.45) is 0 Å². The summed E-state index contributed by atoms with van der Waals surface area (Å²) in [7, 11) is -3.32. The lowest BCUT2D eigenvalue weighted by Crippen LogP contribution is -2.41. The third kappa shape index (κ3) is 6.59. The van der Waals surface area contributed by atoms with E-state index in [2.05, 4.69) is 4.98 Å². The van der Waals surface area contributed by atoms with E-state index in [4.69, 9.17) is 21.1 Å². The molecule has 1 aromatic carbocycles. The molecule has 3 rings (SSSR count). The van der Waals surface area contributed by atoms with E-state index >= 15 is 0 Å². The summed E-state index contributed by atoms with van der Waals surface area (Å²) >= 11 is 6.15. The van der Waals surface area contributed by atoms with Gasteiger partial charge in [0.15, 0.2) is 9.84 Å². The van der Waals surface area contributed by atoms with E-state index in [0.29, 0.717) is 24.8 Å². The van der Waals surface area contributed by atoms with Gasteiger partial charge in [-0.1, -0.05) is 17.7 Å². The van der Waals surface area contributed by atoms with Crippen molar-refractivity contribution in [1.82, 2.24) is 9.88 Å². The highest BCUT2D eigenvalue weighted by molar-refractivity contribution is 7.90. The van der Waals surface area contributed by atoms with Gasteiger partial charge in [0.25, 0.3) is 0 Å². The van der Waals surface area contributed by atoms with Crippen molar-refractivity contribution in [2.75, 3.05) is 19.3 Å². The summed E-state index contributed by atoms with van der Waals surface area (Å²) in [6.07, 6.45) is 4.44. The Labute approximate surface area is 194 Å². The van der Waals surface area contributed by atoms with Crippen LogP contribution in [0.15, 0.2) is 41.4 Å². The molecule has 0 atom stereocenters. The topological polar surface area (TPSA) is 85.8 Å². The van der Waals surface area contributed by atoms with Crippen LogP contribution in [-0.4, -0.2) is 49.3 Å². The Balaban J connectivity index is 1.53. The number of piperidine rings is 1. The molecule has 0 aliphatic carbocycles. The smallest absolute Gasteiger partial charge is 0.410 e. The van der Waals surface area contributed by atoms with E-state index < -0.39 is 15.4 Å². The summed E-state index contributed by atoms with van der Waals surface area (Å²) in [5, 5.41) is 0.237. The Bertz CT molecular complexity index is 1060. The average Bonchev–Trinajstić information content (AvgIpc) is 2.71. The zero-order chi connectivity index (χ0) is 23.5. The van der Waals surface area contributed by atoms with Crippen LogP contribution >= 0.6 is 11.6 Å². The van der Waals surface area contributed by atoms with Gasteiger partial charge < -0.3 is 14.4 Å². The molecule has 32 heavy (non-hydrogen) atoms. The highest BCUT2D eigenvalue weighted by Crippen LogP contribution is 2.30. The van der Waals surface area contributed by atoms with Gasteiger partial charge in [-0.2, -0.15) is 0 Å². The summed E-state index contributed by atoms with van der Waals surface area (Å²) in [4.78, 5) is 18.6. The molecule has 0 bridgehead atoms. The lowest BCUT2D eigenvalue weighted by Gasteiger charge is -2.33. The van der Waals surface area contributed by atoms with Crippen molar-refractivity contribution in [3.8, 4) is 5.75 Å². The second kappa shape index (κ2) is 9.67. The number of carbonyl (C=O) groups excluding carboxylic acids is 1. The molecule has 174 valence electrons. The van der Waals surface area contributed by atoms with Crippen LogP contribution in [0.5, 0.6) is 5.75 Å². The summed E-state index contributed by atoms with van der Waals surface area (Å²) in [6.45, 7) is 7.14. The minimum atomic E-state index is -3.32. The molecule has 1 saturated heterocycles. The monoisotopic (exact) mass is 480 g/mol.